The van der Waals surface area contributed by atoms with Crippen molar-refractivity contribution in [1.82, 2.24) is 20.1 Å². The second-order valence-corrected chi connectivity index (χ2v) is 14.1. The standard InChI is InChI=1S/C30H33FN8O5S3/c1-4-37-7-9-38(10-8-37)21-12-20-17(11-18(21)31)22(5-6-36(20)2)45-13-16-14-46-28-24(27(41)39(28)25(16)29(42)43)34-26(40)23(35-44-3)19-15-47-30(32)33-19/h5-6,11-12,15,24,28H,4,7-10,13-14H2,1-3H3,(H3-,32,33,34,40,42,43)/b35-23-/t24-,28-/m1/s1. The number of rotatable bonds is 10. The van der Waals surface area contributed by atoms with Crippen molar-refractivity contribution in [2.45, 2.75) is 23.2 Å². The number of likely N-dealkylation sites (N-methyl/N-ethyl adjacent to an activating group) is 1. The average molecular weight is 701 g/mol. The Labute approximate surface area is 282 Å². The lowest BCUT2D eigenvalue weighted by Crippen LogP contribution is -2.71. The van der Waals surface area contributed by atoms with Gasteiger partial charge in [-0.2, -0.15) is 0 Å². The summed E-state index contributed by atoms with van der Waals surface area (Å²) in [5, 5.41) is 20.6. The first-order valence-electron chi connectivity index (χ1n) is 14.8. The smallest absolute Gasteiger partial charge is 0.276 e. The molecule has 6 rings (SSSR count). The number of aromatic nitrogens is 2. The minimum Gasteiger partial charge on any atom is -0.543 e. The van der Waals surface area contributed by atoms with Gasteiger partial charge in [-0.15, -0.1) is 34.9 Å². The number of carboxylic acid groups (broad SMARTS) is 1. The molecule has 2 aromatic heterocycles. The molecule has 3 aliphatic heterocycles. The molecule has 0 aliphatic carbocycles. The summed E-state index contributed by atoms with van der Waals surface area (Å²) in [5.74, 6) is -2.55. The maximum Gasteiger partial charge on any atom is 0.276 e. The third kappa shape index (κ3) is 6.36. The van der Waals surface area contributed by atoms with E-state index in [0.29, 0.717) is 22.4 Å². The number of thioether (sulfide) groups is 2. The van der Waals surface area contributed by atoms with Crippen LogP contribution in [0.25, 0.3) is 10.9 Å². The van der Waals surface area contributed by atoms with Gasteiger partial charge in [0, 0.05) is 60.1 Å². The van der Waals surface area contributed by atoms with Crippen LogP contribution in [0.2, 0.25) is 0 Å². The van der Waals surface area contributed by atoms with E-state index in [2.05, 4.69) is 32.2 Å². The number of halogens is 1. The molecule has 2 atom stereocenters. The zero-order valence-corrected chi connectivity index (χ0v) is 28.3. The number of piperazine rings is 1. The number of nitrogens with two attached hydrogens (primary N) is 1. The van der Waals surface area contributed by atoms with Crippen LogP contribution in [0, 0.1) is 5.82 Å². The highest BCUT2D eigenvalue weighted by Gasteiger charge is 2.53. The molecule has 13 nitrogen and oxygen atoms in total. The molecular formula is C30H33FN8O5S3. The lowest BCUT2D eigenvalue weighted by molar-refractivity contribution is -0.645. The van der Waals surface area contributed by atoms with E-state index in [9.17, 15) is 19.5 Å². The van der Waals surface area contributed by atoms with E-state index in [1.54, 1.807) is 6.07 Å². The van der Waals surface area contributed by atoms with Crippen molar-refractivity contribution in [2.75, 3.05) is 62.0 Å². The third-order valence-corrected chi connectivity index (χ3v) is 11.6. The molecule has 3 aromatic rings. The molecule has 0 unspecified atom stereocenters. The number of amides is 2. The van der Waals surface area contributed by atoms with Crippen LogP contribution in [0.15, 0.2) is 51.1 Å². The van der Waals surface area contributed by atoms with Crippen molar-refractivity contribution in [3.05, 3.63) is 52.6 Å². The van der Waals surface area contributed by atoms with E-state index in [0.717, 1.165) is 59.4 Å². The maximum atomic E-state index is 15.6. The number of oxime groups is 1. The zero-order valence-electron chi connectivity index (χ0n) is 25.9. The van der Waals surface area contributed by atoms with E-state index in [-0.39, 0.29) is 33.8 Å². The van der Waals surface area contributed by atoms with Crippen molar-refractivity contribution in [2.24, 2.45) is 12.2 Å². The molecule has 2 amide bonds. The number of β-lactam (4-membered cyclic amide) rings is 1. The number of nitrogens with one attached hydrogen (secondary N) is 1. The van der Waals surface area contributed by atoms with Gasteiger partial charge in [-0.25, -0.2) is 13.9 Å². The van der Waals surface area contributed by atoms with E-state index in [4.69, 9.17) is 10.6 Å². The number of benzene rings is 1. The van der Waals surface area contributed by atoms with Crippen LogP contribution >= 0.6 is 34.9 Å². The molecule has 248 valence electrons. The van der Waals surface area contributed by atoms with Gasteiger partial charge in [-0.1, -0.05) is 12.1 Å². The van der Waals surface area contributed by atoms with Crippen molar-refractivity contribution in [1.29, 1.82) is 0 Å². The Morgan fingerprint density at radius 1 is 1.30 bits per heavy atom. The summed E-state index contributed by atoms with van der Waals surface area (Å²) in [5.41, 5.74) is 7.43. The Bertz CT molecular complexity index is 1810. The SMILES string of the molecule is CCN1CCN(c2cc3c(cc2F)c(SCC2=C(C(=O)[O-])N4C(=O)[C@@H](NC(=O)/C(=N\OC)c5csc(N)n5)[C@H]4SC2)cc[n+]3C)CC1. The second kappa shape index (κ2) is 13.7. The Balaban J connectivity index is 1.19. The number of carbonyl (C=O) groups is 3. The number of nitrogen functional groups attached to an aromatic ring is 1. The zero-order chi connectivity index (χ0) is 33.4. The molecule has 2 fully saturated rings. The van der Waals surface area contributed by atoms with E-state index in [1.807, 2.05) is 29.9 Å². The third-order valence-electron chi connectivity index (χ3n) is 8.41. The number of aryl methyl sites for hydroxylation is 1. The number of nitrogens with zero attached hydrogens (tertiary/aromatic N) is 6. The first kappa shape index (κ1) is 33.0. The number of thiazole rings is 1. The van der Waals surface area contributed by atoms with Crippen LogP contribution in [0.4, 0.5) is 15.2 Å². The van der Waals surface area contributed by atoms with E-state index < -0.39 is 29.2 Å². The Kier molecular flexibility index (Phi) is 9.59. The number of pyridine rings is 1. The van der Waals surface area contributed by atoms with Gasteiger partial charge in [0.2, 0.25) is 5.52 Å². The van der Waals surface area contributed by atoms with Crippen molar-refractivity contribution >= 4 is 80.1 Å². The first-order valence-corrected chi connectivity index (χ1v) is 17.8. The summed E-state index contributed by atoms with van der Waals surface area (Å²) in [7, 11) is 3.18. The van der Waals surface area contributed by atoms with Crippen LogP contribution in [0.1, 0.15) is 12.6 Å². The minimum absolute atomic E-state index is 0.161. The summed E-state index contributed by atoms with van der Waals surface area (Å²) < 4.78 is 17.5. The molecule has 1 aromatic carbocycles. The first-order chi connectivity index (χ1) is 22.6. The molecule has 2 saturated heterocycles. The molecule has 3 N–H and O–H groups in total. The van der Waals surface area contributed by atoms with Crippen LogP contribution in [0.3, 0.4) is 0 Å². The number of hydrogen-bond acceptors (Lipinski definition) is 13. The molecule has 5 heterocycles. The Morgan fingerprint density at radius 2 is 2.06 bits per heavy atom. The summed E-state index contributed by atoms with van der Waals surface area (Å²) in [6.45, 7) is 6.34. The molecule has 0 bridgehead atoms. The number of aliphatic carboxylic acids is 1. The summed E-state index contributed by atoms with van der Waals surface area (Å²) >= 11 is 3.82. The summed E-state index contributed by atoms with van der Waals surface area (Å²) in [6.07, 6.45) is 1.90. The number of hydrogen-bond donors (Lipinski definition) is 2. The molecule has 3 aliphatic rings. The largest absolute Gasteiger partial charge is 0.543 e. The molecule has 0 saturated carbocycles. The Hall–Kier alpha value is -3.93. The molecule has 47 heavy (non-hydrogen) atoms. The Morgan fingerprint density at radius 3 is 2.72 bits per heavy atom. The molecule has 17 heteroatoms. The van der Waals surface area contributed by atoms with Gasteiger partial charge in [0.05, 0.1) is 22.7 Å². The number of anilines is 2. The monoisotopic (exact) mass is 700 g/mol. The topological polar surface area (TPSA) is 160 Å². The van der Waals surface area contributed by atoms with Crippen molar-refractivity contribution in [3.63, 3.8) is 0 Å². The van der Waals surface area contributed by atoms with Gasteiger partial charge in [0.25, 0.3) is 11.8 Å². The average Bonchev–Trinajstić information content (AvgIpc) is 3.50. The fourth-order valence-electron chi connectivity index (χ4n) is 5.91. The fraction of sp³-hybridized carbons (Fsp3) is 0.400. The van der Waals surface area contributed by atoms with Crippen molar-refractivity contribution < 1.29 is 33.3 Å². The van der Waals surface area contributed by atoms with Gasteiger partial charge in [0.1, 0.15) is 37.1 Å². The molecule has 0 spiro atoms. The van der Waals surface area contributed by atoms with Crippen LogP contribution in [0.5, 0.6) is 0 Å². The molecular weight excluding hydrogens is 668 g/mol. The number of fused-ring (bicyclic) bond motifs is 2. The highest BCUT2D eigenvalue weighted by atomic mass is 32.2. The second-order valence-electron chi connectivity index (χ2n) is 11.1. The van der Waals surface area contributed by atoms with Crippen LogP contribution in [-0.4, -0.2) is 101 Å². The predicted molar refractivity (Wildman–Crippen MR) is 177 cm³/mol. The van der Waals surface area contributed by atoms with Gasteiger partial charge in [-0.3, -0.25) is 14.5 Å². The normalized spacial score (nSPS) is 20.3. The van der Waals surface area contributed by atoms with Crippen LogP contribution in [-0.2, 0) is 26.3 Å². The van der Waals surface area contributed by atoms with Gasteiger partial charge in [0.15, 0.2) is 17.0 Å². The quantitative estimate of drug-likeness (QED) is 0.0999. The lowest BCUT2D eigenvalue weighted by atomic mass is 10.0. The summed E-state index contributed by atoms with van der Waals surface area (Å²) in [4.78, 5) is 53.9. The number of carbonyl (C=O) groups excluding carboxylic acids is 3. The highest BCUT2D eigenvalue weighted by molar-refractivity contribution is 8.01. The predicted octanol–water partition coefficient (Wildman–Crippen LogP) is 0.531. The van der Waals surface area contributed by atoms with E-state index >= 15 is 4.39 Å². The summed E-state index contributed by atoms with van der Waals surface area (Å²) in [6, 6.07) is 4.31. The number of carboxylic acids is 1. The van der Waals surface area contributed by atoms with E-state index in [1.165, 1.54) is 36.0 Å². The van der Waals surface area contributed by atoms with Gasteiger partial charge in [-0.05, 0) is 18.2 Å². The highest BCUT2D eigenvalue weighted by Crippen LogP contribution is 2.42. The van der Waals surface area contributed by atoms with Gasteiger partial charge < -0.3 is 35.6 Å². The minimum atomic E-state index is -1.48. The van der Waals surface area contributed by atoms with Crippen LogP contribution < -0.4 is 25.6 Å². The fourth-order valence-corrected chi connectivity index (χ4v) is 8.98. The van der Waals surface area contributed by atoms with Crippen molar-refractivity contribution in [3.8, 4) is 0 Å². The maximum absolute atomic E-state index is 15.6. The van der Waals surface area contributed by atoms with Gasteiger partial charge >= 0.3 is 0 Å². The molecule has 0 radical (unpaired) electrons. The lowest BCUT2D eigenvalue weighted by Gasteiger charge is -2.50.